The predicted molar refractivity (Wildman–Crippen MR) is 81.8 cm³/mol. The lowest BCUT2D eigenvalue weighted by atomic mass is 9.95. The molecular weight excluding hydrogens is 288 g/mol. The smallest absolute Gasteiger partial charge is 0.242 e. The molecule has 2 saturated heterocycles. The van der Waals surface area contributed by atoms with Crippen LogP contribution in [0.2, 0.25) is 0 Å². The van der Waals surface area contributed by atoms with Gasteiger partial charge >= 0.3 is 0 Å². The molecular formula is C15H22N2O3S. The van der Waals surface area contributed by atoms with E-state index in [2.05, 4.69) is 10.0 Å². The minimum Gasteiger partial charge on any atom is -0.379 e. The Morgan fingerprint density at radius 1 is 1.24 bits per heavy atom. The van der Waals surface area contributed by atoms with E-state index in [1.165, 1.54) is 0 Å². The summed E-state index contributed by atoms with van der Waals surface area (Å²) in [6.45, 7) is 3.63. The molecule has 0 spiro atoms. The summed E-state index contributed by atoms with van der Waals surface area (Å²) >= 11 is 0. The third-order valence-electron chi connectivity index (χ3n) is 4.01. The maximum atomic E-state index is 12.4. The van der Waals surface area contributed by atoms with E-state index >= 15 is 0 Å². The first-order valence-corrected chi connectivity index (χ1v) is 8.97. The second-order valence-electron chi connectivity index (χ2n) is 6.13. The van der Waals surface area contributed by atoms with Crippen LogP contribution in [-0.4, -0.2) is 32.7 Å². The largest absolute Gasteiger partial charge is 0.379 e. The number of hydrogen-bond donors (Lipinski definition) is 2. The number of nitrogens with one attached hydrogen (secondary N) is 2. The van der Waals surface area contributed by atoms with Gasteiger partial charge in [0.2, 0.25) is 10.0 Å². The summed E-state index contributed by atoms with van der Waals surface area (Å²) < 4.78 is 33.3. The van der Waals surface area contributed by atoms with Crippen molar-refractivity contribution in [1.29, 1.82) is 0 Å². The van der Waals surface area contributed by atoms with Gasteiger partial charge in [-0.05, 0) is 45.2 Å². The van der Waals surface area contributed by atoms with Gasteiger partial charge in [0, 0.05) is 6.04 Å². The topological polar surface area (TPSA) is 67.4 Å². The third-order valence-corrected chi connectivity index (χ3v) is 5.73. The van der Waals surface area contributed by atoms with E-state index in [0.717, 1.165) is 19.3 Å². The molecule has 3 unspecified atom stereocenters. The standard InChI is InChI=1S/C15H22N2O3S/c1-10(2)17-21(18,19)15-6-4-3-5-12(15)16-13-9-11-7-8-14(13)20-11/h3-6,10-11,13-14,16-17H,7-9H2,1-2H3. The zero-order valence-corrected chi connectivity index (χ0v) is 13.2. The van der Waals surface area contributed by atoms with Crippen molar-refractivity contribution in [3.8, 4) is 0 Å². The monoisotopic (exact) mass is 310 g/mol. The van der Waals surface area contributed by atoms with Crippen molar-refractivity contribution in [3.63, 3.8) is 0 Å². The fourth-order valence-electron chi connectivity index (χ4n) is 3.18. The number of hydrogen-bond acceptors (Lipinski definition) is 4. The van der Waals surface area contributed by atoms with Crippen molar-refractivity contribution in [2.75, 3.05) is 5.32 Å². The molecule has 2 heterocycles. The highest BCUT2D eigenvalue weighted by Crippen LogP contribution is 2.36. The molecule has 2 aliphatic rings. The molecule has 2 fully saturated rings. The van der Waals surface area contributed by atoms with Gasteiger partial charge in [-0.1, -0.05) is 12.1 Å². The van der Waals surface area contributed by atoms with Gasteiger partial charge in [0.15, 0.2) is 0 Å². The summed E-state index contributed by atoms with van der Waals surface area (Å²) in [5, 5.41) is 3.38. The van der Waals surface area contributed by atoms with E-state index in [4.69, 9.17) is 4.74 Å². The van der Waals surface area contributed by atoms with Crippen molar-refractivity contribution < 1.29 is 13.2 Å². The Morgan fingerprint density at radius 3 is 2.62 bits per heavy atom. The van der Waals surface area contributed by atoms with Crippen LogP contribution < -0.4 is 10.0 Å². The molecule has 3 rings (SSSR count). The van der Waals surface area contributed by atoms with Crippen LogP contribution in [0.15, 0.2) is 29.2 Å². The number of sulfonamides is 1. The van der Waals surface area contributed by atoms with Crippen molar-refractivity contribution in [2.24, 2.45) is 0 Å². The van der Waals surface area contributed by atoms with Crippen LogP contribution in [-0.2, 0) is 14.8 Å². The first kappa shape index (κ1) is 14.8. The number of anilines is 1. The maximum absolute atomic E-state index is 12.4. The predicted octanol–water partition coefficient (Wildman–Crippen LogP) is 2.11. The molecule has 0 radical (unpaired) electrons. The normalized spacial score (nSPS) is 28.2. The molecule has 21 heavy (non-hydrogen) atoms. The van der Waals surface area contributed by atoms with E-state index in [1.807, 2.05) is 26.0 Å². The average molecular weight is 310 g/mol. The lowest BCUT2D eigenvalue weighted by molar-refractivity contribution is 0.102. The summed E-state index contributed by atoms with van der Waals surface area (Å²) in [5.41, 5.74) is 0.659. The molecule has 2 bridgehead atoms. The summed E-state index contributed by atoms with van der Waals surface area (Å²) in [7, 11) is -3.50. The summed E-state index contributed by atoms with van der Waals surface area (Å²) in [6, 6.07) is 7.14. The Bertz CT molecular complexity index is 615. The molecule has 116 valence electrons. The van der Waals surface area contributed by atoms with Gasteiger partial charge in [-0.15, -0.1) is 0 Å². The van der Waals surface area contributed by atoms with Gasteiger partial charge < -0.3 is 10.1 Å². The van der Waals surface area contributed by atoms with E-state index in [-0.39, 0.29) is 18.2 Å². The molecule has 2 aliphatic heterocycles. The van der Waals surface area contributed by atoms with E-state index in [1.54, 1.807) is 12.1 Å². The molecule has 0 aliphatic carbocycles. The quantitative estimate of drug-likeness (QED) is 0.874. The number of rotatable bonds is 5. The molecule has 0 saturated carbocycles. The minimum absolute atomic E-state index is 0.131. The van der Waals surface area contributed by atoms with Crippen molar-refractivity contribution in [1.82, 2.24) is 4.72 Å². The van der Waals surface area contributed by atoms with E-state index in [0.29, 0.717) is 16.7 Å². The Kier molecular flexibility index (Phi) is 3.94. The molecule has 3 atom stereocenters. The van der Waals surface area contributed by atoms with Crippen LogP contribution in [0.3, 0.4) is 0 Å². The van der Waals surface area contributed by atoms with Crippen LogP contribution in [0.5, 0.6) is 0 Å². The van der Waals surface area contributed by atoms with Gasteiger partial charge in [0.25, 0.3) is 0 Å². The zero-order valence-electron chi connectivity index (χ0n) is 12.4. The number of ether oxygens (including phenoxy) is 1. The lowest BCUT2D eigenvalue weighted by Gasteiger charge is -2.23. The zero-order chi connectivity index (χ0) is 15.0. The number of benzene rings is 1. The van der Waals surface area contributed by atoms with Crippen molar-refractivity contribution >= 4 is 15.7 Å². The average Bonchev–Trinajstić information content (AvgIpc) is 3.00. The minimum atomic E-state index is -3.50. The van der Waals surface area contributed by atoms with E-state index < -0.39 is 10.0 Å². The molecule has 1 aromatic rings. The number of para-hydroxylation sites is 1. The summed E-state index contributed by atoms with van der Waals surface area (Å²) in [6.07, 6.45) is 3.68. The van der Waals surface area contributed by atoms with E-state index in [9.17, 15) is 8.42 Å². The Morgan fingerprint density at radius 2 is 2.00 bits per heavy atom. The second-order valence-corrected chi connectivity index (χ2v) is 7.81. The fraction of sp³-hybridized carbons (Fsp3) is 0.600. The Labute approximate surface area is 126 Å². The fourth-order valence-corrected chi connectivity index (χ4v) is 4.61. The van der Waals surface area contributed by atoms with Crippen LogP contribution >= 0.6 is 0 Å². The van der Waals surface area contributed by atoms with Gasteiger partial charge in [-0.25, -0.2) is 13.1 Å². The summed E-state index contributed by atoms with van der Waals surface area (Å²) in [5.74, 6) is 0. The van der Waals surface area contributed by atoms with Gasteiger partial charge in [-0.2, -0.15) is 0 Å². The molecule has 0 amide bonds. The number of fused-ring (bicyclic) bond motifs is 2. The van der Waals surface area contributed by atoms with Gasteiger partial charge in [-0.3, -0.25) is 0 Å². The van der Waals surface area contributed by atoms with Crippen LogP contribution in [0, 0.1) is 0 Å². The Balaban J connectivity index is 1.83. The Hall–Kier alpha value is -1.11. The van der Waals surface area contributed by atoms with Gasteiger partial charge in [0.05, 0.1) is 23.9 Å². The van der Waals surface area contributed by atoms with Crippen LogP contribution in [0.4, 0.5) is 5.69 Å². The molecule has 5 nitrogen and oxygen atoms in total. The second kappa shape index (κ2) is 5.59. The SMILES string of the molecule is CC(C)NS(=O)(=O)c1ccccc1NC1CC2CCC1O2. The summed E-state index contributed by atoms with van der Waals surface area (Å²) in [4.78, 5) is 0.307. The highest BCUT2D eigenvalue weighted by Gasteiger charge is 2.41. The maximum Gasteiger partial charge on any atom is 0.242 e. The molecule has 2 N–H and O–H groups in total. The first-order chi connectivity index (χ1) is 9.95. The highest BCUT2D eigenvalue weighted by molar-refractivity contribution is 7.89. The molecule has 1 aromatic carbocycles. The van der Waals surface area contributed by atoms with Crippen LogP contribution in [0.25, 0.3) is 0 Å². The third kappa shape index (κ3) is 3.07. The lowest BCUT2D eigenvalue weighted by Crippen LogP contribution is -2.33. The highest BCUT2D eigenvalue weighted by atomic mass is 32.2. The van der Waals surface area contributed by atoms with Crippen LogP contribution in [0.1, 0.15) is 33.1 Å². The van der Waals surface area contributed by atoms with Crippen molar-refractivity contribution in [3.05, 3.63) is 24.3 Å². The van der Waals surface area contributed by atoms with Crippen molar-refractivity contribution in [2.45, 2.75) is 62.3 Å². The first-order valence-electron chi connectivity index (χ1n) is 7.49. The molecule has 0 aromatic heterocycles. The molecule has 6 heteroatoms. The van der Waals surface area contributed by atoms with Gasteiger partial charge in [0.1, 0.15) is 4.90 Å².